The lowest BCUT2D eigenvalue weighted by Crippen LogP contribution is -2.38. The van der Waals surface area contributed by atoms with Gasteiger partial charge in [-0.2, -0.15) is 0 Å². The molecule has 0 saturated carbocycles. The molecule has 32 heavy (non-hydrogen) atoms. The monoisotopic (exact) mass is 440 g/mol. The summed E-state index contributed by atoms with van der Waals surface area (Å²) in [6.45, 7) is 4.04. The summed E-state index contributed by atoms with van der Waals surface area (Å²) >= 11 is 0. The number of hydrogen-bond acceptors (Lipinski definition) is 5. The van der Waals surface area contributed by atoms with Crippen LogP contribution in [0, 0.1) is 12.7 Å². The van der Waals surface area contributed by atoms with Crippen LogP contribution in [0.25, 0.3) is 10.9 Å². The van der Waals surface area contributed by atoms with Gasteiger partial charge in [-0.3, -0.25) is 4.90 Å². The Morgan fingerprint density at radius 3 is 2.59 bits per heavy atom. The number of likely N-dealkylation sites (tertiary alicyclic amines) is 1. The molecule has 1 fully saturated rings. The van der Waals surface area contributed by atoms with Crippen LogP contribution in [0.4, 0.5) is 4.39 Å². The zero-order valence-corrected chi connectivity index (χ0v) is 17.6. The highest BCUT2D eigenvalue weighted by atomic mass is 19.1. The van der Waals surface area contributed by atoms with E-state index in [-0.39, 0.29) is 13.5 Å². The number of rotatable bonds is 6. The quantitative estimate of drug-likeness (QED) is 0.577. The largest absolute Gasteiger partial charge is 0.494 e. The highest BCUT2D eigenvalue weighted by Gasteiger charge is 2.23. The Bertz CT molecular complexity index is 1110. The highest BCUT2D eigenvalue weighted by Crippen LogP contribution is 2.34. The van der Waals surface area contributed by atoms with Gasteiger partial charge in [0.15, 0.2) is 0 Å². The van der Waals surface area contributed by atoms with Crippen LogP contribution in [0.5, 0.6) is 11.5 Å². The zero-order chi connectivity index (χ0) is 22.0. The smallest absolute Gasteiger partial charge is 0.336 e. The Kier molecular flexibility index (Phi) is 7.30. The van der Waals surface area contributed by atoms with Gasteiger partial charge in [-0.1, -0.05) is 25.6 Å². The minimum Gasteiger partial charge on any atom is -0.494 e. The maximum atomic E-state index is 14.1. The van der Waals surface area contributed by atoms with Crippen molar-refractivity contribution in [3.8, 4) is 11.5 Å². The number of aromatic nitrogens is 1. The molecule has 7 heteroatoms. The topological polar surface area (TPSA) is 71.9 Å². The van der Waals surface area contributed by atoms with Gasteiger partial charge in [-0.15, -0.1) is 0 Å². The van der Waals surface area contributed by atoms with Gasteiger partial charge >= 0.3 is 5.97 Å². The van der Waals surface area contributed by atoms with Crippen molar-refractivity contribution in [1.82, 2.24) is 9.88 Å². The number of ether oxygens (including phenoxy) is 2. The average Bonchev–Trinajstić information content (AvgIpc) is 2.75. The summed E-state index contributed by atoms with van der Waals surface area (Å²) in [5, 5.41) is 9.99. The molecule has 0 spiro atoms. The molecule has 1 aliphatic rings. The van der Waals surface area contributed by atoms with E-state index in [0.717, 1.165) is 37.2 Å². The van der Waals surface area contributed by atoms with E-state index >= 15 is 0 Å². The van der Waals surface area contributed by atoms with Crippen molar-refractivity contribution in [3.05, 3.63) is 65.1 Å². The summed E-state index contributed by atoms with van der Waals surface area (Å²) in [7, 11) is 1.50. The second-order valence-corrected chi connectivity index (χ2v) is 7.82. The van der Waals surface area contributed by atoms with Crippen molar-refractivity contribution < 1.29 is 23.8 Å². The number of piperidine rings is 1. The molecule has 1 N–H and O–H groups in total. The number of pyridine rings is 1. The predicted octanol–water partition coefficient (Wildman–Crippen LogP) is 5.07. The maximum absolute atomic E-state index is 14.1. The molecule has 6 nitrogen and oxygen atoms in total. The van der Waals surface area contributed by atoms with Crippen molar-refractivity contribution in [2.24, 2.45) is 0 Å². The SMILES string of the molecule is C.COc1cc(F)cc2c(OC3CCN(Cc4ccccc4C(=O)O)CC3)cc(C)nc12. The lowest BCUT2D eigenvalue weighted by atomic mass is 10.0. The van der Waals surface area contributed by atoms with Crippen LogP contribution in [-0.2, 0) is 6.54 Å². The Morgan fingerprint density at radius 1 is 1.19 bits per heavy atom. The van der Waals surface area contributed by atoms with Crippen LogP contribution >= 0.6 is 0 Å². The number of carbonyl (C=O) groups is 1. The van der Waals surface area contributed by atoms with E-state index in [1.165, 1.54) is 19.2 Å². The van der Waals surface area contributed by atoms with Gasteiger partial charge in [-0.05, 0) is 37.5 Å². The van der Waals surface area contributed by atoms with E-state index in [4.69, 9.17) is 9.47 Å². The Labute approximate surface area is 187 Å². The van der Waals surface area contributed by atoms with Crippen LogP contribution < -0.4 is 9.47 Å². The number of benzene rings is 2. The van der Waals surface area contributed by atoms with Gasteiger partial charge in [0.1, 0.15) is 28.9 Å². The lowest BCUT2D eigenvalue weighted by molar-refractivity contribution is 0.0690. The molecular weight excluding hydrogens is 411 g/mol. The number of aromatic carboxylic acids is 1. The standard InChI is InChI=1S/C24H25FN2O4.CH4/c1-15-11-21(20-12-17(25)13-22(30-2)23(20)26-15)31-18-7-9-27(10-8-18)14-16-5-3-4-6-19(16)24(28)29;/h3-6,11-13,18H,7-10,14H2,1-2H3,(H,28,29);1H4. The third kappa shape index (κ3) is 4.99. The lowest BCUT2D eigenvalue weighted by Gasteiger charge is -2.32. The second-order valence-electron chi connectivity index (χ2n) is 7.82. The first kappa shape index (κ1) is 23.5. The van der Waals surface area contributed by atoms with E-state index in [1.807, 2.05) is 25.1 Å². The average molecular weight is 441 g/mol. The van der Waals surface area contributed by atoms with Crippen LogP contribution in [0.3, 0.4) is 0 Å². The summed E-state index contributed by atoms with van der Waals surface area (Å²) in [4.78, 5) is 18.2. The second kappa shape index (κ2) is 9.96. The zero-order valence-electron chi connectivity index (χ0n) is 17.6. The first-order valence-electron chi connectivity index (χ1n) is 10.3. The summed E-state index contributed by atoms with van der Waals surface area (Å²) in [5.74, 6) is -0.311. The number of halogens is 1. The first-order valence-corrected chi connectivity index (χ1v) is 10.3. The fourth-order valence-corrected chi connectivity index (χ4v) is 4.08. The van der Waals surface area contributed by atoms with Crippen molar-refractivity contribution >= 4 is 16.9 Å². The van der Waals surface area contributed by atoms with Gasteiger partial charge in [0.2, 0.25) is 0 Å². The summed E-state index contributed by atoms with van der Waals surface area (Å²) in [6.07, 6.45) is 1.58. The molecule has 0 bridgehead atoms. The van der Waals surface area contributed by atoms with Crippen LogP contribution in [0.2, 0.25) is 0 Å². The summed E-state index contributed by atoms with van der Waals surface area (Å²) in [6, 6.07) is 11.7. The number of nitrogens with zero attached hydrogens (tertiary/aromatic N) is 2. The van der Waals surface area contributed by atoms with E-state index in [0.29, 0.717) is 34.5 Å². The fourth-order valence-electron chi connectivity index (χ4n) is 4.08. The van der Waals surface area contributed by atoms with Gasteiger partial charge in [-0.25, -0.2) is 14.2 Å². The highest BCUT2D eigenvalue weighted by molar-refractivity contribution is 5.90. The molecule has 3 aromatic rings. The molecule has 170 valence electrons. The number of carboxylic acids is 1. The summed E-state index contributed by atoms with van der Waals surface area (Å²) < 4.78 is 25.7. The van der Waals surface area contributed by atoms with Crippen molar-refractivity contribution in [1.29, 1.82) is 0 Å². The molecule has 2 aromatic carbocycles. The van der Waals surface area contributed by atoms with Crippen molar-refractivity contribution in [2.45, 2.75) is 39.8 Å². The van der Waals surface area contributed by atoms with Crippen LogP contribution in [0.1, 0.15) is 41.9 Å². The third-order valence-electron chi connectivity index (χ3n) is 5.62. The molecule has 2 heterocycles. The van der Waals surface area contributed by atoms with Crippen molar-refractivity contribution in [3.63, 3.8) is 0 Å². The third-order valence-corrected chi connectivity index (χ3v) is 5.62. The number of aryl methyl sites for hydroxylation is 1. The number of hydrogen-bond donors (Lipinski definition) is 1. The predicted molar refractivity (Wildman–Crippen MR) is 122 cm³/mol. The molecule has 0 atom stereocenters. The Morgan fingerprint density at radius 2 is 1.91 bits per heavy atom. The summed E-state index contributed by atoms with van der Waals surface area (Å²) in [5.41, 5.74) is 2.51. The molecule has 0 aliphatic carbocycles. The van der Waals surface area contributed by atoms with Gasteiger partial charge in [0, 0.05) is 42.8 Å². The molecule has 1 saturated heterocycles. The molecule has 4 rings (SSSR count). The van der Waals surface area contributed by atoms with E-state index in [9.17, 15) is 14.3 Å². The van der Waals surface area contributed by atoms with Gasteiger partial charge < -0.3 is 14.6 Å². The molecule has 0 unspecified atom stereocenters. The number of methoxy groups -OCH3 is 1. The molecule has 1 aromatic heterocycles. The van der Waals surface area contributed by atoms with Crippen LogP contribution in [0.15, 0.2) is 42.5 Å². The Hall–Kier alpha value is -3.19. The molecule has 1 aliphatic heterocycles. The van der Waals surface area contributed by atoms with Gasteiger partial charge in [0.25, 0.3) is 0 Å². The normalized spacial score (nSPS) is 14.7. The fraction of sp³-hybridized carbons (Fsp3) is 0.360. The minimum atomic E-state index is -0.906. The Balaban J connectivity index is 0.00000289. The van der Waals surface area contributed by atoms with E-state index < -0.39 is 11.8 Å². The maximum Gasteiger partial charge on any atom is 0.336 e. The number of carboxylic acid groups (broad SMARTS) is 1. The molecule has 0 radical (unpaired) electrons. The van der Waals surface area contributed by atoms with E-state index in [2.05, 4.69) is 9.88 Å². The first-order chi connectivity index (χ1) is 14.9. The minimum absolute atomic E-state index is 0. The molecule has 0 amide bonds. The van der Waals surface area contributed by atoms with E-state index in [1.54, 1.807) is 12.1 Å². The van der Waals surface area contributed by atoms with Crippen molar-refractivity contribution in [2.75, 3.05) is 20.2 Å². The van der Waals surface area contributed by atoms with Gasteiger partial charge in [0.05, 0.1) is 12.7 Å². The molecular formula is C25H29FN2O4. The van der Waals surface area contributed by atoms with Crippen LogP contribution in [-0.4, -0.2) is 47.3 Å². The number of fused-ring (bicyclic) bond motifs is 1.